The number of methoxy groups -OCH3 is 1. The zero-order chi connectivity index (χ0) is 15.0. The SMILES string of the molecule is COc1nc(Cl)cc(N(CCCO)CCOC(N)=O)n1. The molecule has 0 saturated carbocycles. The second-order valence-corrected chi connectivity index (χ2v) is 4.15. The second-order valence-electron chi connectivity index (χ2n) is 3.77. The number of hydrogen-bond acceptors (Lipinski definition) is 7. The van der Waals surface area contributed by atoms with Gasteiger partial charge in [0.2, 0.25) is 0 Å². The lowest BCUT2D eigenvalue weighted by molar-refractivity contribution is 0.159. The minimum Gasteiger partial charge on any atom is -0.467 e. The zero-order valence-corrected chi connectivity index (χ0v) is 11.8. The maximum Gasteiger partial charge on any atom is 0.404 e. The monoisotopic (exact) mass is 304 g/mol. The number of aromatic nitrogens is 2. The minimum absolute atomic E-state index is 0.0309. The topological polar surface area (TPSA) is 111 Å². The van der Waals surface area contributed by atoms with E-state index in [0.717, 1.165) is 0 Å². The van der Waals surface area contributed by atoms with Gasteiger partial charge < -0.3 is 25.2 Å². The van der Waals surface area contributed by atoms with Gasteiger partial charge >= 0.3 is 12.1 Å². The minimum atomic E-state index is -0.842. The van der Waals surface area contributed by atoms with Crippen LogP contribution in [-0.2, 0) is 4.74 Å². The predicted molar refractivity (Wildman–Crippen MR) is 73.0 cm³/mol. The van der Waals surface area contributed by atoms with Gasteiger partial charge in [0.05, 0.1) is 13.7 Å². The Kier molecular flexibility index (Phi) is 6.82. The van der Waals surface area contributed by atoms with E-state index in [2.05, 4.69) is 14.7 Å². The van der Waals surface area contributed by atoms with Gasteiger partial charge in [-0.05, 0) is 6.42 Å². The van der Waals surface area contributed by atoms with Gasteiger partial charge in [0, 0.05) is 19.2 Å². The molecule has 8 nitrogen and oxygen atoms in total. The first kappa shape index (κ1) is 16.3. The van der Waals surface area contributed by atoms with E-state index >= 15 is 0 Å². The smallest absolute Gasteiger partial charge is 0.404 e. The van der Waals surface area contributed by atoms with Crippen LogP contribution >= 0.6 is 11.6 Å². The van der Waals surface area contributed by atoms with Gasteiger partial charge in [0.1, 0.15) is 17.6 Å². The normalized spacial score (nSPS) is 10.2. The summed E-state index contributed by atoms with van der Waals surface area (Å²) in [5.74, 6) is 0.517. The summed E-state index contributed by atoms with van der Waals surface area (Å²) >= 11 is 5.88. The molecule has 0 radical (unpaired) electrons. The van der Waals surface area contributed by atoms with Crippen LogP contribution in [0.25, 0.3) is 0 Å². The molecule has 1 amide bonds. The molecule has 0 aliphatic carbocycles. The standard InChI is InChI=1S/C11H17ClN4O4/c1-19-11-14-8(12)7-9(15-11)16(3-2-5-17)4-6-20-10(13)18/h7,17H,2-6H2,1H3,(H2,13,18). The number of halogens is 1. The highest BCUT2D eigenvalue weighted by Gasteiger charge is 2.12. The van der Waals surface area contributed by atoms with Crippen LogP contribution in [0, 0.1) is 0 Å². The first-order valence-corrected chi connectivity index (χ1v) is 6.31. The molecule has 0 fully saturated rings. The van der Waals surface area contributed by atoms with Crippen molar-refractivity contribution in [3.8, 4) is 6.01 Å². The molecule has 1 aromatic heterocycles. The lowest BCUT2D eigenvalue weighted by Crippen LogP contribution is -2.31. The lowest BCUT2D eigenvalue weighted by Gasteiger charge is -2.23. The highest BCUT2D eigenvalue weighted by Crippen LogP contribution is 2.19. The molecule has 0 aromatic carbocycles. The lowest BCUT2D eigenvalue weighted by atomic mass is 10.3. The van der Waals surface area contributed by atoms with Crippen LogP contribution in [0.4, 0.5) is 10.6 Å². The number of ether oxygens (including phenoxy) is 2. The predicted octanol–water partition coefficient (Wildman–Crippen LogP) is 0.423. The van der Waals surface area contributed by atoms with Crippen LogP contribution < -0.4 is 15.4 Å². The number of aliphatic hydroxyl groups is 1. The molecule has 0 saturated heterocycles. The molecule has 1 heterocycles. The van der Waals surface area contributed by atoms with Gasteiger partial charge in [-0.2, -0.15) is 9.97 Å². The number of amides is 1. The van der Waals surface area contributed by atoms with Gasteiger partial charge in [-0.1, -0.05) is 11.6 Å². The van der Waals surface area contributed by atoms with E-state index in [1.165, 1.54) is 7.11 Å². The Labute approximate surface area is 121 Å². The average Bonchev–Trinajstić information content (AvgIpc) is 2.41. The molecule has 0 spiro atoms. The summed E-state index contributed by atoms with van der Waals surface area (Å²) < 4.78 is 9.63. The second kappa shape index (κ2) is 8.39. The Bertz CT molecular complexity index is 446. The number of primary amides is 1. The van der Waals surface area contributed by atoms with Gasteiger partial charge in [-0.3, -0.25) is 0 Å². The van der Waals surface area contributed by atoms with E-state index in [9.17, 15) is 4.79 Å². The van der Waals surface area contributed by atoms with E-state index in [0.29, 0.717) is 25.3 Å². The number of aliphatic hydroxyl groups excluding tert-OH is 1. The van der Waals surface area contributed by atoms with Crippen LogP contribution in [0.2, 0.25) is 5.15 Å². The number of nitrogens with two attached hydrogens (primary N) is 1. The molecule has 20 heavy (non-hydrogen) atoms. The fourth-order valence-corrected chi connectivity index (χ4v) is 1.67. The summed E-state index contributed by atoms with van der Waals surface area (Å²) in [5, 5.41) is 9.15. The molecule has 112 valence electrons. The first-order chi connectivity index (χ1) is 9.56. The van der Waals surface area contributed by atoms with E-state index < -0.39 is 6.09 Å². The Hall–Kier alpha value is -1.80. The van der Waals surface area contributed by atoms with E-state index in [-0.39, 0.29) is 24.4 Å². The van der Waals surface area contributed by atoms with Crippen LogP contribution in [0.3, 0.4) is 0 Å². The van der Waals surface area contributed by atoms with Crippen molar-refractivity contribution in [1.29, 1.82) is 0 Å². The summed E-state index contributed by atoms with van der Waals surface area (Å²) in [6.45, 7) is 1.00. The van der Waals surface area contributed by atoms with Gasteiger partial charge in [-0.25, -0.2) is 4.79 Å². The van der Waals surface area contributed by atoms with Gasteiger partial charge in [0.25, 0.3) is 0 Å². The van der Waals surface area contributed by atoms with Crippen molar-refractivity contribution in [2.45, 2.75) is 6.42 Å². The number of carbonyl (C=O) groups is 1. The highest BCUT2D eigenvalue weighted by molar-refractivity contribution is 6.29. The number of rotatable bonds is 8. The zero-order valence-electron chi connectivity index (χ0n) is 11.1. The molecule has 3 N–H and O–H groups in total. The van der Waals surface area contributed by atoms with Crippen LogP contribution in [0.5, 0.6) is 6.01 Å². The Balaban J connectivity index is 2.79. The summed E-state index contributed by atoms with van der Waals surface area (Å²) in [6, 6.07) is 1.70. The largest absolute Gasteiger partial charge is 0.467 e. The molecule has 1 rings (SSSR count). The molecule has 0 unspecified atom stereocenters. The Morgan fingerprint density at radius 1 is 1.50 bits per heavy atom. The molecule has 0 atom stereocenters. The van der Waals surface area contributed by atoms with E-state index in [4.69, 9.17) is 27.2 Å². The molecular weight excluding hydrogens is 288 g/mol. The van der Waals surface area contributed by atoms with E-state index in [1.54, 1.807) is 11.0 Å². The number of anilines is 1. The van der Waals surface area contributed by atoms with Crippen molar-refractivity contribution >= 4 is 23.5 Å². The third kappa shape index (κ3) is 5.45. The molecule has 1 aromatic rings. The summed E-state index contributed by atoms with van der Waals surface area (Å²) in [5.41, 5.74) is 4.90. The fraction of sp³-hybridized carbons (Fsp3) is 0.545. The molecule has 0 aliphatic heterocycles. The van der Waals surface area contributed by atoms with Crippen molar-refractivity contribution in [3.05, 3.63) is 11.2 Å². The van der Waals surface area contributed by atoms with Crippen molar-refractivity contribution in [3.63, 3.8) is 0 Å². The maximum absolute atomic E-state index is 10.6. The Morgan fingerprint density at radius 3 is 2.85 bits per heavy atom. The fourth-order valence-electron chi connectivity index (χ4n) is 1.50. The molecule has 0 aliphatic rings. The third-order valence-corrected chi connectivity index (χ3v) is 2.55. The third-order valence-electron chi connectivity index (χ3n) is 2.36. The molecular formula is C11H17ClN4O4. The van der Waals surface area contributed by atoms with E-state index in [1.807, 2.05) is 0 Å². The van der Waals surface area contributed by atoms with Crippen molar-refractivity contribution in [1.82, 2.24) is 9.97 Å². The van der Waals surface area contributed by atoms with Gasteiger partial charge in [-0.15, -0.1) is 0 Å². The van der Waals surface area contributed by atoms with Crippen LogP contribution in [0.15, 0.2) is 6.07 Å². The maximum atomic E-state index is 10.6. The molecule has 0 bridgehead atoms. The van der Waals surface area contributed by atoms with Crippen molar-refractivity contribution in [2.24, 2.45) is 5.73 Å². The van der Waals surface area contributed by atoms with Gasteiger partial charge in [0.15, 0.2) is 0 Å². The Morgan fingerprint density at radius 2 is 2.25 bits per heavy atom. The van der Waals surface area contributed by atoms with Crippen molar-refractivity contribution in [2.75, 3.05) is 38.3 Å². The summed E-state index contributed by atoms with van der Waals surface area (Å²) in [6.07, 6.45) is -0.314. The number of nitrogens with zero attached hydrogens (tertiary/aromatic N) is 3. The number of hydrogen-bond donors (Lipinski definition) is 2. The quantitative estimate of drug-likeness (QED) is 0.670. The van der Waals surface area contributed by atoms with Crippen molar-refractivity contribution < 1.29 is 19.4 Å². The van der Waals surface area contributed by atoms with Crippen LogP contribution in [-0.4, -0.2) is 54.6 Å². The summed E-state index contributed by atoms with van der Waals surface area (Å²) in [4.78, 5) is 20.4. The molecule has 9 heteroatoms. The summed E-state index contributed by atoms with van der Waals surface area (Å²) in [7, 11) is 1.43. The number of carbonyl (C=O) groups excluding carboxylic acids is 1. The van der Waals surface area contributed by atoms with Crippen LogP contribution in [0.1, 0.15) is 6.42 Å². The highest BCUT2D eigenvalue weighted by atomic mass is 35.5. The average molecular weight is 305 g/mol. The first-order valence-electron chi connectivity index (χ1n) is 5.93.